The summed E-state index contributed by atoms with van der Waals surface area (Å²) >= 11 is 0. The van der Waals surface area contributed by atoms with Gasteiger partial charge in [0.05, 0.1) is 18.1 Å². The summed E-state index contributed by atoms with van der Waals surface area (Å²) in [5.74, 6) is -0.605. The molecule has 4 N–H and O–H groups in total. The first-order chi connectivity index (χ1) is 18.9. The lowest BCUT2D eigenvalue weighted by Gasteiger charge is -2.38. The van der Waals surface area contributed by atoms with E-state index >= 15 is 0 Å². The molecule has 0 radical (unpaired) electrons. The first-order valence-corrected chi connectivity index (χ1v) is 13.8. The monoisotopic (exact) mass is 537 g/mol. The van der Waals surface area contributed by atoms with Gasteiger partial charge >= 0.3 is 6.03 Å². The number of fused-ring (bicyclic) bond motifs is 1. The fourth-order valence-electron chi connectivity index (χ4n) is 4.98. The average molecular weight is 538 g/mol. The van der Waals surface area contributed by atoms with Gasteiger partial charge < -0.3 is 16.0 Å². The molecule has 2 aliphatic carbocycles. The Morgan fingerprint density at radius 3 is 2.54 bits per heavy atom. The number of aromatic nitrogens is 4. The summed E-state index contributed by atoms with van der Waals surface area (Å²) in [6.45, 7) is 4.14. The predicted octanol–water partition coefficient (Wildman–Crippen LogP) is 3.79. The highest BCUT2D eigenvalue weighted by atomic mass is 19.1. The van der Waals surface area contributed by atoms with Crippen LogP contribution in [0.2, 0.25) is 0 Å². The molecule has 0 aliphatic heterocycles. The molecule has 2 saturated carbocycles. The predicted molar refractivity (Wildman–Crippen MR) is 146 cm³/mol. The molecule has 208 valence electrons. The van der Waals surface area contributed by atoms with Crippen molar-refractivity contribution < 1.29 is 14.0 Å². The second-order valence-electron chi connectivity index (χ2n) is 10.3. The third-order valence-electron chi connectivity index (χ3n) is 7.46. The van der Waals surface area contributed by atoms with Gasteiger partial charge in [0.15, 0.2) is 17.2 Å². The van der Waals surface area contributed by atoms with Crippen molar-refractivity contribution >= 4 is 29.1 Å². The molecule has 39 heavy (non-hydrogen) atoms. The summed E-state index contributed by atoms with van der Waals surface area (Å²) in [5, 5.41) is 15.0. The summed E-state index contributed by atoms with van der Waals surface area (Å²) in [6, 6.07) is 5.67. The van der Waals surface area contributed by atoms with Crippen LogP contribution in [-0.2, 0) is 0 Å². The molecule has 2 fully saturated rings. The Labute approximate surface area is 226 Å². The van der Waals surface area contributed by atoms with Crippen molar-refractivity contribution in [2.75, 3.05) is 10.3 Å². The SMILES string of the molecule is CCC(CC)NC(=O)NC1CCC(N(NC2CC2)c2cc(NC(=O)c3cnc4cccnn34)c(F)cn2)CC1. The van der Waals surface area contributed by atoms with Crippen LogP contribution in [-0.4, -0.2) is 55.7 Å². The van der Waals surface area contributed by atoms with Gasteiger partial charge in [0.1, 0.15) is 5.82 Å². The Bertz CT molecular complexity index is 1300. The first-order valence-electron chi connectivity index (χ1n) is 13.8. The summed E-state index contributed by atoms with van der Waals surface area (Å²) in [4.78, 5) is 33.9. The number of hydrazine groups is 1. The molecule has 11 nitrogen and oxygen atoms in total. The van der Waals surface area contributed by atoms with Crippen molar-refractivity contribution in [3.8, 4) is 0 Å². The number of imidazole rings is 1. The molecule has 3 aromatic heterocycles. The minimum absolute atomic E-state index is 0.0342. The smallest absolute Gasteiger partial charge is 0.315 e. The number of carbonyl (C=O) groups is 2. The maximum absolute atomic E-state index is 14.8. The van der Waals surface area contributed by atoms with E-state index in [2.05, 4.69) is 50.3 Å². The van der Waals surface area contributed by atoms with Gasteiger partial charge in [0.2, 0.25) is 0 Å². The van der Waals surface area contributed by atoms with E-state index in [1.807, 2.05) is 5.01 Å². The minimum atomic E-state index is -0.628. The topological polar surface area (TPSA) is 129 Å². The molecular formula is C27H36FN9O2. The molecule has 3 heterocycles. The molecule has 0 spiro atoms. The molecule has 0 atom stereocenters. The van der Waals surface area contributed by atoms with Crippen LogP contribution < -0.4 is 26.4 Å². The number of hydrogen-bond acceptors (Lipinski definition) is 7. The normalized spacial score (nSPS) is 19.2. The summed E-state index contributed by atoms with van der Waals surface area (Å²) in [6.07, 6.45) is 11.4. The van der Waals surface area contributed by atoms with Crippen LogP contribution in [0, 0.1) is 5.82 Å². The van der Waals surface area contributed by atoms with E-state index < -0.39 is 11.7 Å². The fraction of sp³-hybridized carbons (Fsp3) is 0.519. The number of nitrogens with zero attached hydrogens (tertiary/aromatic N) is 5. The zero-order valence-corrected chi connectivity index (χ0v) is 22.4. The van der Waals surface area contributed by atoms with E-state index in [1.165, 1.54) is 10.7 Å². The van der Waals surface area contributed by atoms with Crippen LogP contribution in [0.5, 0.6) is 0 Å². The molecule has 12 heteroatoms. The van der Waals surface area contributed by atoms with Crippen LogP contribution in [0.4, 0.5) is 20.7 Å². The Hall–Kier alpha value is -3.80. The van der Waals surface area contributed by atoms with E-state index in [0.717, 1.165) is 57.6 Å². The minimum Gasteiger partial charge on any atom is -0.335 e. The second-order valence-corrected chi connectivity index (χ2v) is 10.3. The molecule has 0 aromatic carbocycles. The number of nitrogens with one attached hydrogen (secondary N) is 4. The van der Waals surface area contributed by atoms with Crippen molar-refractivity contribution in [1.82, 2.24) is 35.6 Å². The largest absolute Gasteiger partial charge is 0.335 e. The fourth-order valence-corrected chi connectivity index (χ4v) is 4.98. The number of halogens is 1. The molecule has 2 aliphatic rings. The van der Waals surface area contributed by atoms with E-state index in [1.54, 1.807) is 24.4 Å². The summed E-state index contributed by atoms with van der Waals surface area (Å²) < 4.78 is 16.2. The van der Waals surface area contributed by atoms with Gasteiger partial charge in [-0.1, -0.05) is 13.8 Å². The van der Waals surface area contributed by atoms with Gasteiger partial charge in [-0.15, -0.1) is 0 Å². The third-order valence-corrected chi connectivity index (χ3v) is 7.46. The molecule has 5 rings (SSSR count). The first kappa shape index (κ1) is 26.8. The molecule has 3 aromatic rings. The number of pyridine rings is 1. The molecule has 0 bridgehead atoms. The highest BCUT2D eigenvalue weighted by molar-refractivity contribution is 6.03. The van der Waals surface area contributed by atoms with Gasteiger partial charge in [-0.25, -0.2) is 29.1 Å². The lowest BCUT2D eigenvalue weighted by Crippen LogP contribution is -2.52. The summed E-state index contributed by atoms with van der Waals surface area (Å²) in [7, 11) is 0. The molecule has 0 unspecified atom stereocenters. The Morgan fingerprint density at radius 2 is 1.82 bits per heavy atom. The van der Waals surface area contributed by atoms with Crippen molar-refractivity contribution in [3.05, 3.63) is 48.3 Å². The van der Waals surface area contributed by atoms with E-state index in [-0.39, 0.29) is 35.5 Å². The highest BCUT2D eigenvalue weighted by Gasteiger charge is 2.32. The molecule has 3 amide bonds. The van der Waals surface area contributed by atoms with Crippen molar-refractivity contribution in [2.24, 2.45) is 0 Å². The Balaban J connectivity index is 1.26. The second kappa shape index (κ2) is 11.9. The van der Waals surface area contributed by atoms with E-state index in [0.29, 0.717) is 17.5 Å². The quantitative estimate of drug-likeness (QED) is 0.290. The standard InChI is InChI=1S/C27H36FN9O2/c1-3-17(4-2)32-27(39)33-18-9-11-20(12-10-18)36(35-19-7-8-19)25-14-22(21(28)15-29-25)34-26(38)23-16-30-24-6-5-13-31-37(23)24/h5-6,13-20,35H,3-4,7-12H2,1-2H3,(H,29,34,38)(H2,32,33,39). The number of rotatable bonds is 10. The van der Waals surface area contributed by atoms with Gasteiger partial charge in [-0.05, 0) is 63.5 Å². The highest BCUT2D eigenvalue weighted by Crippen LogP contribution is 2.30. The zero-order chi connectivity index (χ0) is 27.4. The number of hydrogen-bond donors (Lipinski definition) is 4. The Kier molecular flexibility index (Phi) is 8.20. The average Bonchev–Trinajstić information content (AvgIpc) is 3.67. The maximum atomic E-state index is 14.8. The molecular weight excluding hydrogens is 501 g/mol. The van der Waals surface area contributed by atoms with Crippen LogP contribution >= 0.6 is 0 Å². The number of carbonyl (C=O) groups excluding carboxylic acids is 2. The zero-order valence-electron chi connectivity index (χ0n) is 22.4. The van der Waals surface area contributed by atoms with Crippen LogP contribution in [0.1, 0.15) is 75.7 Å². The lowest BCUT2D eigenvalue weighted by atomic mass is 9.90. The van der Waals surface area contributed by atoms with Crippen LogP contribution in [0.15, 0.2) is 36.8 Å². The van der Waals surface area contributed by atoms with Gasteiger partial charge in [-0.2, -0.15) is 5.10 Å². The van der Waals surface area contributed by atoms with Gasteiger partial charge in [0, 0.05) is 36.4 Å². The van der Waals surface area contributed by atoms with E-state index in [9.17, 15) is 14.0 Å². The van der Waals surface area contributed by atoms with Crippen LogP contribution in [0.25, 0.3) is 5.65 Å². The number of urea groups is 1. The van der Waals surface area contributed by atoms with Crippen molar-refractivity contribution in [2.45, 2.75) is 89.4 Å². The van der Waals surface area contributed by atoms with Crippen LogP contribution in [0.3, 0.4) is 0 Å². The van der Waals surface area contributed by atoms with Crippen molar-refractivity contribution in [1.29, 1.82) is 0 Å². The summed E-state index contributed by atoms with van der Waals surface area (Å²) in [5.41, 5.74) is 4.30. The van der Waals surface area contributed by atoms with Crippen molar-refractivity contribution in [3.63, 3.8) is 0 Å². The number of anilines is 2. The number of amides is 3. The lowest BCUT2D eigenvalue weighted by molar-refractivity contribution is 0.101. The van der Waals surface area contributed by atoms with Gasteiger partial charge in [-0.3, -0.25) is 9.80 Å². The maximum Gasteiger partial charge on any atom is 0.315 e. The van der Waals surface area contributed by atoms with Gasteiger partial charge in [0.25, 0.3) is 5.91 Å². The Morgan fingerprint density at radius 1 is 1.08 bits per heavy atom. The molecule has 0 saturated heterocycles. The third kappa shape index (κ3) is 6.44. The van der Waals surface area contributed by atoms with E-state index in [4.69, 9.17) is 0 Å².